The zero-order valence-corrected chi connectivity index (χ0v) is 18.4. The van der Waals surface area contributed by atoms with E-state index >= 15 is 0 Å². The summed E-state index contributed by atoms with van der Waals surface area (Å²) in [5.41, 5.74) is 2.41. The van der Waals surface area contributed by atoms with Gasteiger partial charge in [-0.3, -0.25) is 14.5 Å². The van der Waals surface area contributed by atoms with E-state index in [4.69, 9.17) is 9.84 Å². The molecule has 9 heteroatoms. The number of amides is 1. The van der Waals surface area contributed by atoms with Crippen LogP contribution in [0.25, 0.3) is 11.4 Å². The van der Waals surface area contributed by atoms with E-state index < -0.39 is 0 Å². The number of anilines is 1. The Hall–Kier alpha value is -2.10. The summed E-state index contributed by atoms with van der Waals surface area (Å²) in [4.78, 5) is 21.3. The SMILES string of the molecule is CCOC1CCC(n2cc(NC(=O)c3csc(Br)n3)c(-c3ccccn3)n2)CC1. The van der Waals surface area contributed by atoms with Gasteiger partial charge in [0.15, 0.2) is 3.92 Å². The van der Waals surface area contributed by atoms with Crippen molar-refractivity contribution in [3.8, 4) is 11.4 Å². The monoisotopic (exact) mass is 475 g/mol. The van der Waals surface area contributed by atoms with Crippen LogP contribution in [0, 0.1) is 0 Å². The molecule has 152 valence electrons. The predicted octanol–water partition coefficient (Wildman–Crippen LogP) is 4.94. The first-order valence-electron chi connectivity index (χ1n) is 9.68. The van der Waals surface area contributed by atoms with E-state index in [0.717, 1.165) is 38.0 Å². The smallest absolute Gasteiger partial charge is 0.275 e. The van der Waals surface area contributed by atoms with Crippen LogP contribution in [0.15, 0.2) is 39.9 Å². The van der Waals surface area contributed by atoms with Crippen molar-refractivity contribution in [1.29, 1.82) is 0 Å². The standard InChI is InChI=1S/C20H22BrN5O2S/c1-2-28-14-8-6-13(7-9-14)26-11-16(18(25-26)15-5-3-4-10-22-15)23-19(27)17-12-29-20(21)24-17/h3-5,10-14H,2,6-9H2,1H3,(H,23,27). The number of aromatic nitrogens is 4. The third-order valence-corrected chi connectivity index (χ3v) is 6.38. The molecule has 1 aliphatic rings. The number of hydrogen-bond donors (Lipinski definition) is 1. The minimum Gasteiger partial charge on any atom is -0.379 e. The van der Waals surface area contributed by atoms with E-state index in [9.17, 15) is 4.79 Å². The van der Waals surface area contributed by atoms with Gasteiger partial charge in [0.25, 0.3) is 5.91 Å². The van der Waals surface area contributed by atoms with Crippen LogP contribution in [-0.2, 0) is 4.74 Å². The number of carbonyl (C=O) groups is 1. The van der Waals surface area contributed by atoms with Crippen molar-refractivity contribution >= 4 is 38.9 Å². The Morgan fingerprint density at radius 3 is 2.83 bits per heavy atom. The minimum absolute atomic E-state index is 0.260. The van der Waals surface area contributed by atoms with Gasteiger partial charge in [-0.2, -0.15) is 5.10 Å². The van der Waals surface area contributed by atoms with Crippen molar-refractivity contribution in [2.45, 2.75) is 44.8 Å². The molecule has 3 heterocycles. The highest BCUT2D eigenvalue weighted by Gasteiger charge is 2.25. The third-order valence-electron chi connectivity index (χ3n) is 5.02. The number of thiazole rings is 1. The number of hydrogen-bond acceptors (Lipinski definition) is 6. The lowest BCUT2D eigenvalue weighted by molar-refractivity contribution is 0.0260. The van der Waals surface area contributed by atoms with Crippen molar-refractivity contribution in [2.24, 2.45) is 0 Å². The van der Waals surface area contributed by atoms with Gasteiger partial charge in [-0.25, -0.2) is 4.98 Å². The van der Waals surface area contributed by atoms with Crippen molar-refractivity contribution in [1.82, 2.24) is 19.7 Å². The molecule has 1 saturated carbocycles. The summed E-state index contributed by atoms with van der Waals surface area (Å²) in [6.07, 6.45) is 8.02. The molecule has 0 unspecified atom stereocenters. The first kappa shape index (κ1) is 20.2. The quantitative estimate of drug-likeness (QED) is 0.545. The van der Waals surface area contributed by atoms with Crippen molar-refractivity contribution in [3.63, 3.8) is 0 Å². The fourth-order valence-electron chi connectivity index (χ4n) is 3.62. The van der Waals surface area contributed by atoms with Gasteiger partial charge in [0.2, 0.25) is 0 Å². The minimum atomic E-state index is -0.260. The highest BCUT2D eigenvalue weighted by molar-refractivity contribution is 9.11. The van der Waals surface area contributed by atoms with Gasteiger partial charge >= 0.3 is 0 Å². The molecule has 1 fully saturated rings. The highest BCUT2D eigenvalue weighted by Crippen LogP contribution is 2.33. The van der Waals surface area contributed by atoms with Gasteiger partial charge in [0, 0.05) is 24.4 Å². The maximum Gasteiger partial charge on any atom is 0.275 e. The topological polar surface area (TPSA) is 81.9 Å². The van der Waals surface area contributed by atoms with Gasteiger partial charge in [-0.05, 0) is 60.7 Å². The molecule has 1 amide bonds. The summed E-state index contributed by atoms with van der Waals surface area (Å²) in [7, 11) is 0. The number of pyridine rings is 1. The van der Waals surface area contributed by atoms with E-state index in [1.165, 1.54) is 11.3 Å². The number of rotatable bonds is 6. The summed E-state index contributed by atoms with van der Waals surface area (Å²) in [5, 5.41) is 9.48. The lowest BCUT2D eigenvalue weighted by atomic mass is 9.93. The van der Waals surface area contributed by atoms with Crippen LogP contribution < -0.4 is 5.32 Å². The molecule has 0 aliphatic heterocycles. The van der Waals surface area contributed by atoms with Crippen LogP contribution in [0.3, 0.4) is 0 Å². The van der Waals surface area contributed by atoms with E-state index in [2.05, 4.69) is 31.2 Å². The molecule has 0 spiro atoms. The summed E-state index contributed by atoms with van der Waals surface area (Å²) in [6, 6.07) is 5.96. The summed E-state index contributed by atoms with van der Waals surface area (Å²) < 4.78 is 8.41. The molecular formula is C20H22BrN5O2S. The van der Waals surface area contributed by atoms with Crippen molar-refractivity contribution in [3.05, 3.63) is 45.6 Å². The first-order chi connectivity index (χ1) is 14.1. The summed E-state index contributed by atoms with van der Waals surface area (Å²) in [5.74, 6) is -0.260. The van der Waals surface area contributed by atoms with Crippen molar-refractivity contribution < 1.29 is 9.53 Å². The Morgan fingerprint density at radius 2 is 2.17 bits per heavy atom. The lowest BCUT2D eigenvalue weighted by Gasteiger charge is -2.28. The number of ether oxygens (including phenoxy) is 1. The molecule has 0 saturated heterocycles. The van der Waals surface area contributed by atoms with Gasteiger partial charge in [-0.1, -0.05) is 6.07 Å². The van der Waals surface area contributed by atoms with Crippen LogP contribution >= 0.6 is 27.3 Å². The second-order valence-corrected chi connectivity index (χ2v) is 9.05. The van der Waals surface area contributed by atoms with Crippen LogP contribution in [0.2, 0.25) is 0 Å². The maximum atomic E-state index is 12.6. The second-order valence-electron chi connectivity index (χ2n) is 6.91. The molecular weight excluding hydrogens is 454 g/mol. The summed E-state index contributed by atoms with van der Waals surface area (Å²) in [6.45, 7) is 2.79. The van der Waals surface area contributed by atoms with E-state index in [1.54, 1.807) is 11.6 Å². The van der Waals surface area contributed by atoms with Gasteiger partial charge in [0.1, 0.15) is 11.4 Å². The number of nitrogens with zero attached hydrogens (tertiary/aromatic N) is 4. The zero-order valence-electron chi connectivity index (χ0n) is 16.0. The van der Waals surface area contributed by atoms with Crippen molar-refractivity contribution in [2.75, 3.05) is 11.9 Å². The molecule has 4 rings (SSSR count). The van der Waals surface area contributed by atoms with E-state index in [0.29, 0.717) is 27.1 Å². The third kappa shape index (κ3) is 4.73. The van der Waals surface area contributed by atoms with Gasteiger partial charge < -0.3 is 10.1 Å². The normalized spacial score (nSPS) is 19.2. The number of nitrogens with one attached hydrogen (secondary N) is 1. The van der Waals surface area contributed by atoms with Crippen LogP contribution in [0.1, 0.15) is 49.1 Å². The maximum absolute atomic E-state index is 12.6. The Morgan fingerprint density at radius 1 is 1.34 bits per heavy atom. The largest absolute Gasteiger partial charge is 0.379 e. The first-order valence-corrected chi connectivity index (χ1v) is 11.4. The van der Waals surface area contributed by atoms with E-state index in [-0.39, 0.29) is 11.9 Å². The number of carbonyl (C=O) groups excluding carboxylic acids is 1. The fraction of sp³-hybridized carbons (Fsp3) is 0.400. The molecule has 0 aromatic carbocycles. The van der Waals surface area contributed by atoms with Crippen LogP contribution in [0.4, 0.5) is 5.69 Å². The Bertz CT molecular complexity index is 966. The van der Waals surface area contributed by atoms with Gasteiger partial charge in [-0.15, -0.1) is 11.3 Å². The zero-order chi connectivity index (χ0) is 20.2. The molecule has 29 heavy (non-hydrogen) atoms. The number of halogens is 1. The van der Waals surface area contributed by atoms with Crippen LogP contribution in [0.5, 0.6) is 0 Å². The molecule has 0 bridgehead atoms. The average molecular weight is 476 g/mol. The van der Waals surface area contributed by atoms with E-state index in [1.807, 2.05) is 36.0 Å². The molecule has 0 atom stereocenters. The molecule has 3 aromatic rings. The highest BCUT2D eigenvalue weighted by atomic mass is 79.9. The average Bonchev–Trinajstić information content (AvgIpc) is 3.36. The molecule has 1 N–H and O–H groups in total. The fourth-order valence-corrected chi connectivity index (χ4v) is 4.61. The van der Waals surface area contributed by atoms with Gasteiger partial charge in [0.05, 0.1) is 23.5 Å². The molecule has 3 aromatic heterocycles. The second kappa shape index (κ2) is 9.15. The summed E-state index contributed by atoms with van der Waals surface area (Å²) >= 11 is 4.68. The molecule has 1 aliphatic carbocycles. The van der Waals surface area contributed by atoms with Crippen LogP contribution in [-0.4, -0.2) is 38.4 Å². The Labute approximate surface area is 181 Å². The Balaban J connectivity index is 1.59. The molecule has 0 radical (unpaired) electrons. The molecule has 7 nitrogen and oxygen atoms in total. The lowest BCUT2D eigenvalue weighted by Crippen LogP contribution is -2.24. The predicted molar refractivity (Wildman–Crippen MR) is 116 cm³/mol. The Kier molecular flexibility index (Phi) is 6.37.